The first-order chi connectivity index (χ1) is 12.9. The average Bonchev–Trinajstić information content (AvgIpc) is 2.99. The molecule has 6 nitrogen and oxygen atoms in total. The number of hydrogen-bond acceptors (Lipinski definition) is 5. The number of rotatable bonds is 9. The van der Waals surface area contributed by atoms with Gasteiger partial charge >= 0.3 is 12.3 Å². The van der Waals surface area contributed by atoms with Crippen molar-refractivity contribution in [3.63, 3.8) is 0 Å². The third-order valence-electron chi connectivity index (χ3n) is 3.28. The molecular formula is C17H19F3N4O2S. The van der Waals surface area contributed by atoms with Crippen molar-refractivity contribution in [2.45, 2.75) is 24.3 Å². The number of nitrogens with one attached hydrogen (secondary N) is 1. The van der Waals surface area contributed by atoms with Gasteiger partial charge in [-0.2, -0.15) is 13.2 Å². The van der Waals surface area contributed by atoms with Gasteiger partial charge in [0.25, 0.3) is 0 Å². The van der Waals surface area contributed by atoms with Crippen molar-refractivity contribution in [3.05, 3.63) is 54.4 Å². The fourth-order valence-corrected chi connectivity index (χ4v) is 2.96. The smallest absolute Gasteiger partial charge is 0.422 e. The highest BCUT2D eigenvalue weighted by Crippen LogP contribution is 2.19. The van der Waals surface area contributed by atoms with Gasteiger partial charge in [0.1, 0.15) is 5.82 Å². The topological polar surface area (TPSA) is 69.0 Å². The molecule has 0 saturated heterocycles. The molecular weight excluding hydrogens is 381 g/mol. The van der Waals surface area contributed by atoms with Crippen LogP contribution in [0.2, 0.25) is 0 Å². The number of ether oxygens (including phenoxy) is 1. The Kier molecular flexibility index (Phi) is 7.71. The Balaban J connectivity index is 1.85. The molecule has 0 spiro atoms. The molecule has 10 heteroatoms. The van der Waals surface area contributed by atoms with Gasteiger partial charge in [-0.3, -0.25) is 0 Å². The van der Waals surface area contributed by atoms with Crippen molar-refractivity contribution in [1.82, 2.24) is 20.1 Å². The zero-order valence-corrected chi connectivity index (χ0v) is 15.2. The van der Waals surface area contributed by atoms with Crippen LogP contribution in [0.15, 0.2) is 48.1 Å². The molecule has 0 aliphatic heterocycles. The SMILES string of the molecule is C=CCn1c(Cc2ccccc2)nnc1SCCNC(=O)OCC(F)(F)F. The Morgan fingerprint density at radius 3 is 2.70 bits per heavy atom. The molecule has 0 fully saturated rings. The van der Waals surface area contributed by atoms with Crippen LogP contribution >= 0.6 is 11.8 Å². The van der Waals surface area contributed by atoms with E-state index in [0.717, 1.165) is 11.4 Å². The number of benzene rings is 1. The first-order valence-corrected chi connectivity index (χ1v) is 9.04. The Hall–Kier alpha value is -2.49. The van der Waals surface area contributed by atoms with Gasteiger partial charge in [0.15, 0.2) is 11.8 Å². The highest BCUT2D eigenvalue weighted by molar-refractivity contribution is 7.99. The number of nitrogens with zero attached hydrogens (tertiary/aromatic N) is 3. The van der Waals surface area contributed by atoms with Gasteiger partial charge in [0, 0.05) is 25.3 Å². The third-order valence-corrected chi connectivity index (χ3v) is 4.25. The van der Waals surface area contributed by atoms with Gasteiger partial charge in [0.05, 0.1) is 0 Å². The second kappa shape index (κ2) is 10.0. The van der Waals surface area contributed by atoms with Crippen LogP contribution in [-0.2, 0) is 17.7 Å². The molecule has 2 aromatic rings. The van der Waals surface area contributed by atoms with Gasteiger partial charge in [-0.05, 0) is 5.56 Å². The van der Waals surface area contributed by atoms with E-state index >= 15 is 0 Å². The van der Waals surface area contributed by atoms with Crippen molar-refractivity contribution in [2.75, 3.05) is 18.9 Å². The first-order valence-electron chi connectivity index (χ1n) is 8.06. The van der Waals surface area contributed by atoms with Crippen molar-refractivity contribution in [3.8, 4) is 0 Å². The average molecular weight is 400 g/mol. The highest BCUT2D eigenvalue weighted by atomic mass is 32.2. The lowest BCUT2D eigenvalue weighted by Crippen LogP contribution is -2.30. The van der Waals surface area contributed by atoms with E-state index in [4.69, 9.17) is 0 Å². The monoisotopic (exact) mass is 400 g/mol. The van der Waals surface area contributed by atoms with E-state index in [-0.39, 0.29) is 6.54 Å². The van der Waals surface area contributed by atoms with E-state index in [9.17, 15) is 18.0 Å². The summed E-state index contributed by atoms with van der Waals surface area (Å²) in [5, 5.41) is 11.3. The van der Waals surface area contributed by atoms with Gasteiger partial charge in [0.2, 0.25) is 0 Å². The maximum atomic E-state index is 12.0. The van der Waals surface area contributed by atoms with Crippen LogP contribution < -0.4 is 5.32 Å². The number of carbonyl (C=O) groups excluding carboxylic acids is 1. The molecule has 27 heavy (non-hydrogen) atoms. The molecule has 1 amide bonds. The number of aromatic nitrogens is 3. The van der Waals surface area contributed by atoms with E-state index in [1.807, 2.05) is 34.9 Å². The summed E-state index contributed by atoms with van der Waals surface area (Å²) in [6, 6.07) is 9.82. The molecule has 0 aliphatic rings. The second-order valence-electron chi connectivity index (χ2n) is 5.43. The van der Waals surface area contributed by atoms with Crippen LogP contribution in [0.5, 0.6) is 0 Å². The third kappa shape index (κ3) is 7.33. The minimum absolute atomic E-state index is 0.135. The first kappa shape index (κ1) is 20.8. The van der Waals surface area contributed by atoms with Crippen molar-refractivity contribution >= 4 is 17.9 Å². The van der Waals surface area contributed by atoms with Crippen LogP contribution in [-0.4, -0.2) is 45.9 Å². The largest absolute Gasteiger partial charge is 0.440 e. The van der Waals surface area contributed by atoms with Gasteiger partial charge in [-0.1, -0.05) is 48.2 Å². The Morgan fingerprint density at radius 2 is 2.04 bits per heavy atom. The highest BCUT2D eigenvalue weighted by Gasteiger charge is 2.29. The molecule has 146 valence electrons. The van der Waals surface area contributed by atoms with E-state index in [2.05, 4.69) is 26.8 Å². The predicted molar refractivity (Wildman–Crippen MR) is 95.6 cm³/mol. The number of hydrogen-bond donors (Lipinski definition) is 1. The number of thioether (sulfide) groups is 1. The number of alkyl halides is 3. The Morgan fingerprint density at radius 1 is 1.30 bits per heavy atom. The minimum atomic E-state index is -4.54. The maximum Gasteiger partial charge on any atom is 0.422 e. The number of alkyl carbamates (subject to hydrolysis) is 1. The quantitative estimate of drug-likeness (QED) is 0.397. The van der Waals surface area contributed by atoms with Crippen molar-refractivity contribution < 1.29 is 22.7 Å². The van der Waals surface area contributed by atoms with E-state index in [1.54, 1.807) is 6.08 Å². The van der Waals surface area contributed by atoms with Crippen LogP contribution in [0.1, 0.15) is 11.4 Å². The molecule has 0 saturated carbocycles. The van der Waals surface area contributed by atoms with Crippen molar-refractivity contribution in [1.29, 1.82) is 0 Å². The Labute approximate surface area is 158 Å². The lowest BCUT2D eigenvalue weighted by molar-refractivity contribution is -0.160. The van der Waals surface area contributed by atoms with E-state index in [0.29, 0.717) is 23.9 Å². The summed E-state index contributed by atoms with van der Waals surface area (Å²) < 4.78 is 41.9. The number of carbonyl (C=O) groups is 1. The lowest BCUT2D eigenvalue weighted by atomic mass is 10.1. The van der Waals surface area contributed by atoms with Gasteiger partial charge < -0.3 is 14.6 Å². The number of halogens is 3. The normalized spacial score (nSPS) is 11.2. The van der Waals surface area contributed by atoms with Gasteiger partial charge in [-0.15, -0.1) is 16.8 Å². The minimum Gasteiger partial charge on any atom is -0.440 e. The molecule has 0 atom stereocenters. The van der Waals surface area contributed by atoms with Crippen LogP contribution in [0, 0.1) is 0 Å². The summed E-state index contributed by atoms with van der Waals surface area (Å²) in [5.74, 6) is 1.18. The Bertz CT molecular complexity index is 750. The zero-order chi connectivity index (χ0) is 19.7. The number of amides is 1. The summed E-state index contributed by atoms with van der Waals surface area (Å²) in [4.78, 5) is 11.2. The van der Waals surface area contributed by atoms with Crippen LogP contribution in [0.25, 0.3) is 0 Å². The van der Waals surface area contributed by atoms with Gasteiger partial charge in [-0.25, -0.2) is 4.79 Å². The molecule has 1 N–H and O–H groups in total. The second-order valence-corrected chi connectivity index (χ2v) is 6.49. The summed E-state index contributed by atoms with van der Waals surface area (Å²) in [7, 11) is 0. The standard InChI is InChI=1S/C17H19F3N4O2S/c1-2-9-24-14(11-13-6-4-3-5-7-13)22-23-15(24)27-10-8-21-16(25)26-12-17(18,19)20/h2-7H,1,8-12H2,(H,21,25). The molecule has 0 bridgehead atoms. The zero-order valence-electron chi connectivity index (χ0n) is 14.4. The molecule has 0 radical (unpaired) electrons. The predicted octanol–water partition coefficient (Wildman–Crippen LogP) is 3.44. The molecule has 2 rings (SSSR count). The summed E-state index contributed by atoms with van der Waals surface area (Å²) in [5.41, 5.74) is 1.10. The maximum absolute atomic E-state index is 12.0. The van der Waals surface area contributed by atoms with Crippen LogP contribution in [0.4, 0.5) is 18.0 Å². The van der Waals surface area contributed by atoms with E-state index in [1.165, 1.54) is 11.8 Å². The van der Waals surface area contributed by atoms with E-state index < -0.39 is 18.9 Å². The molecule has 1 heterocycles. The summed E-state index contributed by atoms with van der Waals surface area (Å²) in [6.45, 7) is 2.79. The summed E-state index contributed by atoms with van der Waals surface area (Å²) >= 11 is 1.33. The molecule has 1 aromatic carbocycles. The number of allylic oxidation sites excluding steroid dienone is 1. The molecule has 1 aromatic heterocycles. The molecule has 0 unspecified atom stereocenters. The fourth-order valence-electron chi connectivity index (χ4n) is 2.14. The fraction of sp³-hybridized carbons (Fsp3) is 0.353. The van der Waals surface area contributed by atoms with Crippen molar-refractivity contribution in [2.24, 2.45) is 0 Å². The van der Waals surface area contributed by atoms with Crippen LogP contribution in [0.3, 0.4) is 0 Å². The summed E-state index contributed by atoms with van der Waals surface area (Å²) in [6.07, 6.45) is -3.30. The molecule has 0 aliphatic carbocycles. The lowest BCUT2D eigenvalue weighted by Gasteiger charge is -2.09.